The molecule has 0 saturated heterocycles. The largest absolute Gasteiger partial charge is 0.420 e. The standard InChI is InChI=1S/C20H16N6OS/c1-11-17-18(13(7-21)19(22)27-20(17)25-24-11)16-6-12(9-28-16)8-26-10-23-14-4-2-3-5-15(14)26/h2-6,9-10,18H,8,22H2,1H3,(H,24,25)/t18-/m1/s1. The Kier molecular flexibility index (Phi) is 3.70. The van der Waals surface area contributed by atoms with Gasteiger partial charge in [0, 0.05) is 17.1 Å². The number of rotatable bonds is 3. The molecule has 4 aromatic rings. The number of ether oxygens (including phenoxy) is 1. The lowest BCUT2D eigenvalue weighted by Gasteiger charge is -2.22. The van der Waals surface area contributed by atoms with Gasteiger partial charge in [0.25, 0.3) is 0 Å². The van der Waals surface area contributed by atoms with E-state index < -0.39 is 0 Å². The summed E-state index contributed by atoms with van der Waals surface area (Å²) in [5.41, 5.74) is 11.4. The number of nitriles is 1. The smallest absolute Gasteiger partial charge is 0.244 e. The van der Waals surface area contributed by atoms with E-state index in [-0.39, 0.29) is 11.8 Å². The van der Waals surface area contributed by atoms with Crippen LogP contribution in [0.25, 0.3) is 11.0 Å². The number of thiophene rings is 1. The van der Waals surface area contributed by atoms with Crippen molar-refractivity contribution in [2.45, 2.75) is 19.4 Å². The van der Waals surface area contributed by atoms with Gasteiger partial charge in [0.2, 0.25) is 11.8 Å². The van der Waals surface area contributed by atoms with Gasteiger partial charge >= 0.3 is 0 Å². The lowest BCUT2D eigenvalue weighted by molar-refractivity contribution is 0.379. The number of hydrogen-bond donors (Lipinski definition) is 2. The zero-order valence-corrected chi connectivity index (χ0v) is 15.8. The number of aromatic nitrogens is 4. The maximum absolute atomic E-state index is 9.67. The molecule has 7 nitrogen and oxygen atoms in total. The van der Waals surface area contributed by atoms with E-state index in [2.05, 4.69) is 43.3 Å². The molecule has 3 N–H and O–H groups in total. The molecule has 1 aromatic carbocycles. The maximum atomic E-state index is 9.67. The molecule has 3 aromatic heterocycles. The van der Waals surface area contributed by atoms with Crippen LogP contribution in [0.4, 0.5) is 0 Å². The zero-order chi connectivity index (χ0) is 19.3. The van der Waals surface area contributed by atoms with E-state index in [1.54, 1.807) is 11.3 Å². The Morgan fingerprint density at radius 1 is 1.39 bits per heavy atom. The molecule has 5 rings (SSSR count). The molecule has 0 unspecified atom stereocenters. The Hall–Kier alpha value is -3.57. The van der Waals surface area contributed by atoms with Gasteiger partial charge in [-0.2, -0.15) is 5.26 Å². The molecule has 1 aliphatic heterocycles. The molecule has 0 spiro atoms. The first-order valence-electron chi connectivity index (χ1n) is 8.75. The Morgan fingerprint density at radius 2 is 2.25 bits per heavy atom. The fraction of sp³-hybridized carbons (Fsp3) is 0.150. The predicted octanol–water partition coefficient (Wildman–Crippen LogP) is 3.40. The van der Waals surface area contributed by atoms with E-state index in [1.165, 1.54) is 0 Å². The Morgan fingerprint density at radius 3 is 3.11 bits per heavy atom. The number of hydrogen-bond acceptors (Lipinski definition) is 6. The lowest BCUT2D eigenvalue weighted by Crippen LogP contribution is -2.20. The van der Waals surface area contributed by atoms with E-state index in [4.69, 9.17) is 10.5 Å². The summed E-state index contributed by atoms with van der Waals surface area (Å²) in [4.78, 5) is 5.49. The topological polar surface area (TPSA) is 106 Å². The van der Waals surface area contributed by atoms with E-state index in [0.29, 0.717) is 18.0 Å². The van der Waals surface area contributed by atoms with E-state index in [9.17, 15) is 5.26 Å². The van der Waals surface area contributed by atoms with E-state index in [1.807, 2.05) is 31.5 Å². The van der Waals surface area contributed by atoms with Gasteiger partial charge < -0.3 is 15.0 Å². The van der Waals surface area contributed by atoms with Gasteiger partial charge in [-0.15, -0.1) is 16.4 Å². The summed E-state index contributed by atoms with van der Waals surface area (Å²) in [6.45, 7) is 2.63. The summed E-state index contributed by atoms with van der Waals surface area (Å²) < 4.78 is 7.65. The summed E-state index contributed by atoms with van der Waals surface area (Å²) in [6.07, 6.45) is 1.85. The fourth-order valence-corrected chi connectivity index (χ4v) is 4.67. The summed E-state index contributed by atoms with van der Waals surface area (Å²) >= 11 is 1.61. The number of nitrogens with one attached hydrogen (secondary N) is 1. The number of benzene rings is 1. The van der Waals surface area contributed by atoms with Gasteiger partial charge in [0.15, 0.2) is 0 Å². The monoisotopic (exact) mass is 388 g/mol. The normalized spacial score (nSPS) is 16.1. The molecule has 0 fully saturated rings. The number of aryl methyl sites for hydroxylation is 1. The van der Waals surface area contributed by atoms with Crippen LogP contribution in [0.2, 0.25) is 0 Å². The average Bonchev–Trinajstić information content (AvgIpc) is 3.41. The molecular weight excluding hydrogens is 372 g/mol. The van der Waals surface area contributed by atoms with Crippen molar-refractivity contribution in [3.63, 3.8) is 0 Å². The first-order valence-corrected chi connectivity index (χ1v) is 9.63. The van der Waals surface area contributed by atoms with Crippen LogP contribution in [0.5, 0.6) is 5.88 Å². The van der Waals surface area contributed by atoms with Gasteiger partial charge in [0.05, 0.1) is 28.8 Å². The van der Waals surface area contributed by atoms with Crippen molar-refractivity contribution < 1.29 is 4.74 Å². The molecule has 0 bridgehead atoms. The van der Waals surface area contributed by atoms with Crippen LogP contribution in [-0.2, 0) is 6.54 Å². The number of allylic oxidation sites excluding steroid dienone is 1. The number of nitrogens with two attached hydrogens (primary N) is 1. The molecule has 28 heavy (non-hydrogen) atoms. The van der Waals surface area contributed by atoms with Crippen molar-refractivity contribution in [3.05, 3.63) is 75.2 Å². The number of imidazole rings is 1. The predicted molar refractivity (Wildman–Crippen MR) is 106 cm³/mol. The van der Waals surface area contributed by atoms with E-state index in [0.717, 1.165) is 32.7 Å². The van der Waals surface area contributed by atoms with Gasteiger partial charge in [-0.3, -0.25) is 5.10 Å². The Balaban J connectivity index is 1.54. The fourth-order valence-electron chi connectivity index (χ4n) is 3.64. The highest BCUT2D eigenvalue weighted by atomic mass is 32.1. The van der Waals surface area contributed by atoms with Crippen LogP contribution in [0, 0.1) is 18.3 Å². The second kappa shape index (κ2) is 6.25. The van der Waals surface area contributed by atoms with Crippen molar-refractivity contribution >= 4 is 22.4 Å². The number of H-pyrrole nitrogens is 1. The van der Waals surface area contributed by atoms with Crippen molar-refractivity contribution in [2.75, 3.05) is 0 Å². The average molecular weight is 388 g/mol. The third kappa shape index (κ3) is 2.48. The Bertz CT molecular complexity index is 1270. The second-order valence-corrected chi connectivity index (χ2v) is 7.65. The summed E-state index contributed by atoms with van der Waals surface area (Å²) in [7, 11) is 0. The van der Waals surface area contributed by atoms with Gasteiger partial charge in [0.1, 0.15) is 11.6 Å². The van der Waals surface area contributed by atoms with E-state index >= 15 is 0 Å². The number of nitrogens with zero attached hydrogens (tertiary/aromatic N) is 4. The maximum Gasteiger partial charge on any atom is 0.244 e. The second-order valence-electron chi connectivity index (χ2n) is 6.71. The van der Waals surface area contributed by atoms with Crippen LogP contribution >= 0.6 is 11.3 Å². The first-order chi connectivity index (χ1) is 13.7. The molecule has 0 radical (unpaired) electrons. The lowest BCUT2D eigenvalue weighted by atomic mass is 9.89. The van der Waals surface area contributed by atoms with Gasteiger partial charge in [-0.25, -0.2) is 4.98 Å². The summed E-state index contributed by atoms with van der Waals surface area (Å²) in [5, 5.41) is 18.9. The third-order valence-electron chi connectivity index (χ3n) is 4.97. The van der Waals surface area contributed by atoms with Crippen molar-refractivity contribution in [1.82, 2.24) is 19.7 Å². The zero-order valence-electron chi connectivity index (χ0n) is 15.0. The van der Waals surface area contributed by atoms with Crippen molar-refractivity contribution in [2.24, 2.45) is 5.73 Å². The third-order valence-corrected chi connectivity index (χ3v) is 6.01. The molecular formula is C20H16N6OS. The molecule has 0 saturated carbocycles. The first kappa shape index (κ1) is 16.6. The minimum absolute atomic E-state index is 0.113. The number of aromatic amines is 1. The molecule has 1 aliphatic rings. The minimum atomic E-state index is -0.272. The molecule has 1 atom stereocenters. The molecule has 0 aliphatic carbocycles. The highest BCUT2D eigenvalue weighted by Gasteiger charge is 2.35. The quantitative estimate of drug-likeness (QED) is 0.560. The molecule has 8 heteroatoms. The number of para-hydroxylation sites is 2. The highest BCUT2D eigenvalue weighted by Crippen LogP contribution is 2.44. The highest BCUT2D eigenvalue weighted by molar-refractivity contribution is 7.10. The van der Waals surface area contributed by atoms with Gasteiger partial charge in [-0.1, -0.05) is 12.1 Å². The van der Waals surface area contributed by atoms with Crippen LogP contribution in [0.1, 0.15) is 27.6 Å². The van der Waals surface area contributed by atoms with Crippen molar-refractivity contribution in [1.29, 1.82) is 5.26 Å². The summed E-state index contributed by atoms with van der Waals surface area (Å²) in [6, 6.07) is 12.4. The van der Waals surface area contributed by atoms with Crippen molar-refractivity contribution in [3.8, 4) is 11.9 Å². The van der Waals surface area contributed by atoms with Crippen LogP contribution in [0.15, 0.2) is 53.5 Å². The SMILES string of the molecule is Cc1[nH]nc2c1[C@@H](c1cc(Cn3cnc4ccccc43)cs1)C(C#N)=C(N)O2. The Labute approximate surface area is 164 Å². The van der Waals surface area contributed by atoms with Gasteiger partial charge in [-0.05, 0) is 36.1 Å². The molecule has 4 heterocycles. The number of fused-ring (bicyclic) bond motifs is 2. The van der Waals surface area contributed by atoms with Crippen LogP contribution in [0.3, 0.4) is 0 Å². The van der Waals surface area contributed by atoms with Crippen LogP contribution < -0.4 is 10.5 Å². The molecule has 0 amide bonds. The minimum Gasteiger partial charge on any atom is -0.420 e. The molecule has 138 valence electrons. The van der Waals surface area contributed by atoms with Crippen LogP contribution in [-0.4, -0.2) is 19.7 Å². The summed E-state index contributed by atoms with van der Waals surface area (Å²) in [5.74, 6) is 0.280.